The lowest BCUT2D eigenvalue weighted by atomic mass is 9.83. The van der Waals surface area contributed by atoms with Crippen molar-refractivity contribution < 1.29 is 0 Å². The first-order valence-corrected chi connectivity index (χ1v) is 31.0. The minimum atomic E-state index is 0.264. The number of aryl methyl sites for hydroxylation is 4. The van der Waals surface area contributed by atoms with Crippen LogP contribution in [0.25, 0.3) is 87.3 Å². The fraction of sp³-hybridized carbons (Fsp3) is 0.200. The van der Waals surface area contributed by atoms with Gasteiger partial charge in [0.25, 0.3) is 0 Å². The van der Waals surface area contributed by atoms with Crippen LogP contribution in [0.5, 0.6) is 0 Å². The number of anilines is 6. The first-order chi connectivity index (χ1) is 41.2. The molecule has 410 valence electrons. The Labute approximate surface area is 493 Å². The van der Waals surface area contributed by atoms with Gasteiger partial charge in [-0.2, -0.15) is 0 Å². The van der Waals surface area contributed by atoms with Crippen LogP contribution in [0, 0.1) is 13.8 Å². The van der Waals surface area contributed by atoms with Crippen LogP contribution in [0.15, 0.2) is 206 Å². The van der Waals surface area contributed by atoms with Crippen molar-refractivity contribution in [2.45, 2.75) is 105 Å². The molecule has 0 amide bonds. The summed E-state index contributed by atoms with van der Waals surface area (Å²) in [5, 5.41) is 13.0. The van der Waals surface area contributed by atoms with Crippen molar-refractivity contribution in [3.05, 3.63) is 251 Å². The predicted octanol–water partition coefficient (Wildman–Crippen LogP) is 22.3. The van der Waals surface area contributed by atoms with E-state index in [4.69, 9.17) is 0 Å². The quantitative estimate of drug-likeness (QED) is 0.127. The Morgan fingerprint density at radius 2 is 0.714 bits per heavy atom. The summed E-state index contributed by atoms with van der Waals surface area (Å²) in [4.78, 5) is 5.35. The number of benzene rings is 12. The number of nitrogens with zero attached hydrogens (tertiary/aromatic N) is 4. The fourth-order valence-corrected chi connectivity index (χ4v) is 15.2. The predicted molar refractivity (Wildman–Crippen MR) is 359 cm³/mol. The van der Waals surface area contributed by atoms with Gasteiger partial charge < -0.3 is 18.9 Å². The lowest BCUT2D eigenvalue weighted by molar-refractivity contribution is 0.686. The largest absolute Gasteiger partial charge is 0.310 e. The molecule has 4 nitrogen and oxygen atoms in total. The van der Waals surface area contributed by atoms with Gasteiger partial charge in [0, 0.05) is 66.4 Å². The number of hydrogen-bond donors (Lipinski definition) is 0. The summed E-state index contributed by atoms with van der Waals surface area (Å²) < 4.78 is 4.91. The van der Waals surface area contributed by atoms with E-state index in [-0.39, 0.29) is 11.8 Å². The van der Waals surface area contributed by atoms with E-state index >= 15 is 0 Å². The van der Waals surface area contributed by atoms with Crippen molar-refractivity contribution in [1.29, 1.82) is 0 Å². The van der Waals surface area contributed by atoms with Gasteiger partial charge in [-0.1, -0.05) is 148 Å². The van der Waals surface area contributed by atoms with Crippen LogP contribution in [-0.2, 0) is 25.7 Å². The van der Waals surface area contributed by atoms with Gasteiger partial charge in [-0.15, -0.1) is 0 Å². The van der Waals surface area contributed by atoms with E-state index in [1.807, 2.05) is 0 Å². The Balaban J connectivity index is 0.985. The lowest BCUT2D eigenvalue weighted by Crippen LogP contribution is -2.17. The second-order valence-electron chi connectivity index (χ2n) is 25.0. The van der Waals surface area contributed by atoms with Gasteiger partial charge in [0.1, 0.15) is 0 Å². The normalized spacial score (nSPS) is 13.7. The van der Waals surface area contributed by atoms with Crippen molar-refractivity contribution in [1.82, 2.24) is 9.13 Å². The third kappa shape index (κ3) is 7.86. The third-order valence-electron chi connectivity index (χ3n) is 19.3. The van der Waals surface area contributed by atoms with Crippen LogP contribution in [0.3, 0.4) is 0 Å². The standard InChI is InChI=1S/C80H70N4/c1-49(2)67-47-77(83(71-27-15-19-53-17-7-9-21-59(53)71)57-37-43-75-69(45-57)61-23-11-13-25-73(61)81(75)55-33-29-51(5)30-34-55)65-42-40-64-68(50(3)4)48-78(66-41-39-63(67)79(65)80(64)66)84(72-28-16-20-54-18-8-10-22-60(54)72)58-38-44-76-70(46-58)62-24-12-14-26-74(62)82(76)56-35-31-52(6)32-36-56/h11-16,19-20,23-50H,7-10,17-18,21-22H2,1-6H3. The van der Waals surface area contributed by atoms with Crippen LogP contribution in [0.2, 0.25) is 0 Å². The summed E-state index contributed by atoms with van der Waals surface area (Å²) in [6.07, 6.45) is 9.20. The lowest BCUT2D eigenvalue weighted by Gasteiger charge is -2.34. The van der Waals surface area contributed by atoms with Crippen molar-refractivity contribution in [2.24, 2.45) is 0 Å². The summed E-state index contributed by atoms with van der Waals surface area (Å²) in [7, 11) is 0. The third-order valence-corrected chi connectivity index (χ3v) is 19.3. The van der Waals surface area contributed by atoms with Crippen molar-refractivity contribution in [2.75, 3.05) is 9.80 Å². The monoisotopic (exact) mass is 1090 g/mol. The van der Waals surface area contributed by atoms with Gasteiger partial charge >= 0.3 is 0 Å². The van der Waals surface area contributed by atoms with E-state index in [1.54, 1.807) is 0 Å². The van der Waals surface area contributed by atoms with Crippen LogP contribution in [0.1, 0.15) is 110 Å². The molecule has 0 radical (unpaired) electrons. The van der Waals surface area contributed by atoms with Crippen LogP contribution < -0.4 is 9.80 Å². The van der Waals surface area contributed by atoms with E-state index in [0.29, 0.717) is 0 Å². The smallest absolute Gasteiger partial charge is 0.0543 e. The molecule has 0 N–H and O–H groups in total. The number of aromatic nitrogens is 2. The Morgan fingerprint density at radius 3 is 1.14 bits per heavy atom. The summed E-state index contributed by atoms with van der Waals surface area (Å²) >= 11 is 0. The molecule has 0 saturated heterocycles. The minimum Gasteiger partial charge on any atom is -0.310 e. The molecular formula is C80H70N4. The fourth-order valence-electron chi connectivity index (χ4n) is 15.2. The molecule has 0 aliphatic heterocycles. The van der Waals surface area contributed by atoms with Crippen LogP contribution in [-0.4, -0.2) is 9.13 Å². The van der Waals surface area contributed by atoms with Gasteiger partial charge in [-0.3, -0.25) is 0 Å². The highest BCUT2D eigenvalue weighted by Gasteiger charge is 2.30. The van der Waals surface area contributed by atoms with Gasteiger partial charge in [0.05, 0.1) is 33.4 Å². The highest BCUT2D eigenvalue weighted by molar-refractivity contribution is 6.30. The van der Waals surface area contributed by atoms with Crippen LogP contribution in [0.4, 0.5) is 34.1 Å². The van der Waals surface area contributed by atoms with E-state index in [0.717, 1.165) is 25.7 Å². The number of fused-ring (bicyclic) bond motifs is 8. The second kappa shape index (κ2) is 19.8. The highest BCUT2D eigenvalue weighted by Crippen LogP contribution is 2.53. The molecule has 14 aromatic rings. The number of para-hydroxylation sites is 2. The van der Waals surface area contributed by atoms with Gasteiger partial charge in [0.15, 0.2) is 0 Å². The SMILES string of the molecule is Cc1ccc(-n2c3ccccc3c3cc(N(c4cccc5c4CCCC5)c4cc(C(C)C)c5ccc6c(N(c7ccc8c(c7)c7ccccc7n8-c7ccc(C)cc7)c7cccc8c7CCCC8)cc(C(C)C)c7ccc4c5c76)ccc32)cc1. The Morgan fingerprint density at radius 1 is 0.321 bits per heavy atom. The molecule has 2 aliphatic carbocycles. The van der Waals surface area contributed by atoms with Gasteiger partial charge in [-0.25, -0.2) is 0 Å². The molecule has 16 rings (SSSR count). The molecule has 0 atom stereocenters. The zero-order chi connectivity index (χ0) is 56.5. The molecule has 0 fully saturated rings. The molecule has 2 aromatic heterocycles. The zero-order valence-corrected chi connectivity index (χ0v) is 49.2. The first-order valence-electron chi connectivity index (χ1n) is 31.0. The highest BCUT2D eigenvalue weighted by atomic mass is 15.2. The minimum absolute atomic E-state index is 0.264. The van der Waals surface area contributed by atoms with E-state index in [1.165, 1.54) is 192 Å². The average molecular weight is 1090 g/mol. The molecule has 0 unspecified atom stereocenters. The van der Waals surface area contributed by atoms with Crippen molar-refractivity contribution >= 4 is 110 Å². The van der Waals surface area contributed by atoms with Crippen molar-refractivity contribution in [3.63, 3.8) is 0 Å². The maximum absolute atomic E-state index is 2.68. The van der Waals surface area contributed by atoms with Crippen molar-refractivity contribution in [3.8, 4) is 11.4 Å². The molecule has 0 spiro atoms. The Hall–Kier alpha value is -9.12. The average Bonchev–Trinajstić information content (AvgIpc) is 0.941. The summed E-state index contributed by atoms with van der Waals surface area (Å²) in [6.45, 7) is 13.9. The van der Waals surface area contributed by atoms with Gasteiger partial charge in [0.2, 0.25) is 0 Å². The van der Waals surface area contributed by atoms with Crippen LogP contribution >= 0.6 is 0 Å². The summed E-state index contributed by atoms with van der Waals surface area (Å²) in [6, 6.07) is 79.9. The molecular weight excluding hydrogens is 1020 g/mol. The van der Waals surface area contributed by atoms with E-state index < -0.39 is 0 Å². The molecule has 4 heteroatoms. The van der Waals surface area contributed by atoms with Gasteiger partial charge in [-0.05, 0) is 229 Å². The Kier molecular flexibility index (Phi) is 11.9. The molecule has 2 heterocycles. The number of rotatable bonds is 10. The zero-order valence-electron chi connectivity index (χ0n) is 49.2. The maximum Gasteiger partial charge on any atom is 0.0543 e. The number of hydrogen-bond acceptors (Lipinski definition) is 2. The Bertz CT molecular complexity index is 4620. The molecule has 84 heavy (non-hydrogen) atoms. The van der Waals surface area contributed by atoms with E-state index in [2.05, 4.69) is 267 Å². The molecule has 2 aliphatic rings. The molecule has 0 bridgehead atoms. The second-order valence-corrected chi connectivity index (χ2v) is 25.0. The molecule has 12 aromatic carbocycles. The maximum atomic E-state index is 2.68. The molecule has 0 saturated carbocycles. The summed E-state index contributed by atoms with van der Waals surface area (Å²) in [5.41, 5.74) is 25.8. The topological polar surface area (TPSA) is 16.3 Å². The van der Waals surface area contributed by atoms with E-state index in [9.17, 15) is 0 Å². The first kappa shape index (κ1) is 50.6. The summed E-state index contributed by atoms with van der Waals surface area (Å²) in [5.74, 6) is 0.528.